The number of hydrazone groups is 1. The van der Waals surface area contributed by atoms with Gasteiger partial charge in [-0.3, -0.25) is 5.01 Å². The van der Waals surface area contributed by atoms with Gasteiger partial charge in [-0.1, -0.05) is 0 Å². The molecule has 2 heterocycles. The molecule has 0 atom stereocenters. The van der Waals surface area contributed by atoms with Gasteiger partial charge in [-0.2, -0.15) is 5.10 Å². The van der Waals surface area contributed by atoms with E-state index in [0.29, 0.717) is 5.69 Å². The van der Waals surface area contributed by atoms with Crippen LogP contribution in [0.15, 0.2) is 23.6 Å². The van der Waals surface area contributed by atoms with Crippen molar-refractivity contribution in [2.75, 3.05) is 57.3 Å². The van der Waals surface area contributed by atoms with Crippen molar-refractivity contribution < 1.29 is 14.6 Å². The lowest BCUT2D eigenvalue weighted by molar-refractivity contribution is -0.135. The lowest BCUT2D eigenvalue weighted by atomic mass is 9.90. The minimum Gasteiger partial charge on any atom is -0.505 e. The molecule has 30 heavy (non-hydrogen) atoms. The average molecular weight is 416 g/mol. The molecule has 0 radical (unpaired) electrons. The van der Waals surface area contributed by atoms with Gasteiger partial charge in [-0.15, -0.1) is 0 Å². The largest absolute Gasteiger partial charge is 0.505 e. The second-order valence-electron chi connectivity index (χ2n) is 7.74. The van der Waals surface area contributed by atoms with E-state index in [4.69, 9.17) is 4.74 Å². The van der Waals surface area contributed by atoms with Crippen LogP contribution in [-0.4, -0.2) is 69.1 Å². The molecule has 3 rings (SSSR count). The van der Waals surface area contributed by atoms with E-state index >= 15 is 0 Å². The summed E-state index contributed by atoms with van der Waals surface area (Å²) in [6.07, 6.45) is 7.60. The molecular formula is C22H33N5O3. The van der Waals surface area contributed by atoms with E-state index in [2.05, 4.69) is 15.3 Å². The third kappa shape index (κ3) is 4.63. The van der Waals surface area contributed by atoms with Crippen LogP contribution < -0.4 is 15.2 Å². The van der Waals surface area contributed by atoms with Crippen LogP contribution in [0.2, 0.25) is 0 Å². The highest BCUT2D eigenvalue weighted by atomic mass is 16.5. The number of nitrogens with one attached hydrogen (secondary N) is 1. The average Bonchev–Trinajstić information content (AvgIpc) is 2.74. The number of ether oxygens (including phenoxy) is 1. The summed E-state index contributed by atoms with van der Waals surface area (Å²) in [6, 6.07) is 2.02. The number of aromatic hydroxyl groups is 1. The molecule has 1 aromatic rings. The van der Waals surface area contributed by atoms with Crippen molar-refractivity contribution in [1.29, 1.82) is 0 Å². The molecule has 1 aromatic carbocycles. The predicted molar refractivity (Wildman–Crippen MR) is 120 cm³/mol. The van der Waals surface area contributed by atoms with Crippen LogP contribution in [0.25, 0.3) is 0 Å². The first-order valence-electron chi connectivity index (χ1n) is 10.6. The van der Waals surface area contributed by atoms with Gasteiger partial charge < -0.3 is 25.0 Å². The van der Waals surface area contributed by atoms with Crippen molar-refractivity contribution in [3.63, 3.8) is 0 Å². The first-order chi connectivity index (χ1) is 14.5. The van der Waals surface area contributed by atoms with E-state index in [1.54, 1.807) is 25.2 Å². The molecule has 8 heteroatoms. The summed E-state index contributed by atoms with van der Waals surface area (Å²) in [7, 11) is 5.43. The summed E-state index contributed by atoms with van der Waals surface area (Å²) in [5.74, 6) is -0.197. The Morgan fingerprint density at radius 1 is 1.33 bits per heavy atom. The summed E-state index contributed by atoms with van der Waals surface area (Å²) in [5.41, 5.74) is 4.35. The number of rotatable bonds is 8. The number of benzene rings is 1. The quantitative estimate of drug-likeness (QED) is 0.382. The maximum Gasteiger partial charge on any atom is 0.356 e. The molecule has 0 spiro atoms. The lowest BCUT2D eigenvalue weighted by Crippen LogP contribution is -2.35. The molecule has 0 unspecified atom stereocenters. The fourth-order valence-corrected chi connectivity index (χ4v) is 4.15. The maximum atomic E-state index is 12.5. The highest BCUT2D eigenvalue weighted by Crippen LogP contribution is 2.45. The van der Waals surface area contributed by atoms with Gasteiger partial charge in [0.2, 0.25) is 0 Å². The van der Waals surface area contributed by atoms with Crippen LogP contribution in [-0.2, 0) is 22.4 Å². The van der Waals surface area contributed by atoms with Crippen molar-refractivity contribution in [3.05, 3.63) is 29.6 Å². The summed E-state index contributed by atoms with van der Waals surface area (Å²) in [6.45, 7) is 4.43. The van der Waals surface area contributed by atoms with Gasteiger partial charge in [0.05, 0.1) is 13.2 Å². The van der Waals surface area contributed by atoms with Gasteiger partial charge in [0.25, 0.3) is 0 Å². The third-order valence-electron chi connectivity index (χ3n) is 5.50. The fourth-order valence-electron chi connectivity index (χ4n) is 4.15. The van der Waals surface area contributed by atoms with Gasteiger partial charge in [-0.05, 0) is 44.2 Å². The van der Waals surface area contributed by atoms with Crippen molar-refractivity contribution in [2.24, 2.45) is 5.10 Å². The fraction of sp³-hybridized carbons (Fsp3) is 0.545. The number of hydrogen-bond acceptors (Lipinski definition) is 8. The van der Waals surface area contributed by atoms with Gasteiger partial charge in [-0.25, -0.2) is 4.79 Å². The first-order valence-corrected chi connectivity index (χ1v) is 10.6. The number of nitrogens with zero attached hydrogens (tertiary/aromatic N) is 4. The number of phenols is 1. The SMILES string of the molecule is CCOC(=O)/C(CN(C)/C=C\NC)=N\N(C)c1cc2c3c(c1O)CCCN3CCC2. The molecule has 0 bridgehead atoms. The van der Waals surface area contributed by atoms with E-state index in [9.17, 15) is 9.90 Å². The molecule has 164 valence electrons. The smallest absolute Gasteiger partial charge is 0.356 e. The van der Waals surface area contributed by atoms with E-state index in [1.165, 1.54) is 11.3 Å². The monoisotopic (exact) mass is 415 g/mol. The summed E-state index contributed by atoms with van der Waals surface area (Å²) >= 11 is 0. The highest BCUT2D eigenvalue weighted by molar-refractivity contribution is 6.37. The zero-order valence-electron chi connectivity index (χ0n) is 18.4. The second kappa shape index (κ2) is 9.73. The highest BCUT2D eigenvalue weighted by Gasteiger charge is 2.29. The molecular weight excluding hydrogens is 382 g/mol. The molecule has 0 saturated heterocycles. The molecule has 8 nitrogen and oxygen atoms in total. The van der Waals surface area contributed by atoms with Gasteiger partial charge in [0, 0.05) is 57.9 Å². The number of carbonyl (C=O) groups is 1. The first kappa shape index (κ1) is 21.8. The second-order valence-corrected chi connectivity index (χ2v) is 7.74. The zero-order chi connectivity index (χ0) is 21.7. The van der Waals surface area contributed by atoms with E-state index in [0.717, 1.165) is 44.3 Å². The van der Waals surface area contributed by atoms with Gasteiger partial charge in [0.15, 0.2) is 5.71 Å². The maximum absolute atomic E-state index is 12.5. The third-order valence-corrected chi connectivity index (χ3v) is 5.50. The Labute approximate surface area is 178 Å². The molecule has 0 fully saturated rings. The van der Waals surface area contributed by atoms with Gasteiger partial charge >= 0.3 is 5.97 Å². The Bertz CT molecular complexity index is 835. The molecule has 0 aromatic heterocycles. The van der Waals surface area contributed by atoms with E-state index in [1.807, 2.05) is 31.3 Å². The lowest BCUT2D eigenvalue weighted by Gasteiger charge is -2.38. The molecule has 0 amide bonds. The minimum absolute atomic E-state index is 0.262. The van der Waals surface area contributed by atoms with Crippen molar-refractivity contribution >= 4 is 23.1 Å². The molecule has 0 aliphatic carbocycles. The van der Waals surface area contributed by atoms with Crippen LogP contribution >= 0.6 is 0 Å². The van der Waals surface area contributed by atoms with Crippen LogP contribution in [0.5, 0.6) is 5.75 Å². The summed E-state index contributed by atoms with van der Waals surface area (Å²) < 4.78 is 5.20. The predicted octanol–water partition coefficient (Wildman–Crippen LogP) is 2.07. The van der Waals surface area contributed by atoms with Gasteiger partial charge in [0.1, 0.15) is 11.4 Å². The number of phenolic OH excluding ortho intramolecular Hbond substituents is 1. The Morgan fingerprint density at radius 2 is 2.07 bits per heavy atom. The summed E-state index contributed by atoms with van der Waals surface area (Å²) in [5, 5.41) is 20.1. The van der Waals surface area contributed by atoms with E-state index < -0.39 is 5.97 Å². The summed E-state index contributed by atoms with van der Waals surface area (Å²) in [4.78, 5) is 16.7. The number of esters is 1. The number of hydrogen-bond donors (Lipinski definition) is 2. The molecule has 2 aliphatic rings. The van der Waals surface area contributed by atoms with Crippen LogP contribution in [0.1, 0.15) is 30.9 Å². The topological polar surface area (TPSA) is 80.6 Å². The Balaban J connectivity index is 1.94. The van der Waals surface area contributed by atoms with Crippen LogP contribution in [0.3, 0.4) is 0 Å². The van der Waals surface area contributed by atoms with Crippen molar-refractivity contribution in [2.45, 2.75) is 32.6 Å². The van der Waals surface area contributed by atoms with E-state index in [-0.39, 0.29) is 24.6 Å². The van der Waals surface area contributed by atoms with Crippen molar-refractivity contribution in [3.8, 4) is 5.75 Å². The van der Waals surface area contributed by atoms with Crippen LogP contribution in [0.4, 0.5) is 11.4 Å². The van der Waals surface area contributed by atoms with Crippen molar-refractivity contribution in [1.82, 2.24) is 10.2 Å². The molecule has 2 aliphatic heterocycles. The van der Waals surface area contributed by atoms with Crippen LogP contribution in [0, 0.1) is 0 Å². The Kier molecular flexibility index (Phi) is 7.07. The normalized spacial score (nSPS) is 15.7. The molecule has 2 N–H and O–H groups in total. The number of carbonyl (C=O) groups excluding carboxylic acids is 1. The standard InChI is InChI=1S/C22H33N5O3/c1-5-30-22(29)18(15-25(3)13-10-23-2)24-26(4)19-14-16-8-6-11-27-12-7-9-17(20(16)27)21(19)28/h10,13-14,23,28H,5-9,11-12,15H2,1-4H3/b13-10-,24-18-. The molecule has 0 saturated carbocycles. The Morgan fingerprint density at radius 3 is 2.77 bits per heavy atom. The Hall–Kier alpha value is -2.90. The number of anilines is 2. The zero-order valence-corrected chi connectivity index (χ0v) is 18.4. The number of aryl methyl sites for hydroxylation is 1. The minimum atomic E-state index is -0.459.